The van der Waals surface area contributed by atoms with Gasteiger partial charge in [-0.1, -0.05) is 31.9 Å². The molecule has 1 N–H and O–H groups in total. The standard InChI is InChI=1S/C24H29N3O4/c1-4-18-9-11-20(12-10-18)30-15-23(29)31-14-22(28)26-24-21(13-25)16(2)17(3)27(24)19-7-5-6-8-19/h9-12,19H,4-8,14-15H2,1-3H3,(H,26,28). The summed E-state index contributed by atoms with van der Waals surface area (Å²) in [5.41, 5.74) is 3.49. The molecule has 0 unspecified atom stereocenters. The van der Waals surface area contributed by atoms with Gasteiger partial charge in [0.2, 0.25) is 0 Å². The SMILES string of the molecule is CCc1ccc(OCC(=O)OCC(=O)Nc2c(C#N)c(C)c(C)n2C2CCCC2)cc1. The number of nitrogens with zero attached hydrogens (tertiary/aromatic N) is 2. The van der Waals surface area contributed by atoms with Crippen molar-refractivity contribution in [3.63, 3.8) is 0 Å². The van der Waals surface area contributed by atoms with Crippen molar-refractivity contribution in [3.8, 4) is 11.8 Å². The fourth-order valence-corrected chi connectivity index (χ4v) is 4.03. The Morgan fingerprint density at radius 3 is 2.45 bits per heavy atom. The summed E-state index contributed by atoms with van der Waals surface area (Å²) in [5.74, 6) is -0.0435. The van der Waals surface area contributed by atoms with E-state index in [0.717, 1.165) is 43.4 Å². The minimum absolute atomic E-state index is 0.270. The van der Waals surface area contributed by atoms with Crippen LogP contribution in [0.4, 0.5) is 5.82 Å². The van der Waals surface area contributed by atoms with E-state index in [-0.39, 0.29) is 12.6 Å². The fraction of sp³-hybridized carbons (Fsp3) is 0.458. The van der Waals surface area contributed by atoms with Crippen molar-refractivity contribution in [3.05, 3.63) is 46.6 Å². The van der Waals surface area contributed by atoms with Gasteiger partial charge in [0.15, 0.2) is 13.2 Å². The molecule has 0 saturated heterocycles. The molecule has 1 fully saturated rings. The van der Waals surface area contributed by atoms with Gasteiger partial charge < -0.3 is 19.4 Å². The lowest BCUT2D eigenvalue weighted by Crippen LogP contribution is -2.25. The van der Waals surface area contributed by atoms with E-state index in [1.165, 1.54) is 5.56 Å². The molecule has 0 atom stereocenters. The predicted molar refractivity (Wildman–Crippen MR) is 117 cm³/mol. The van der Waals surface area contributed by atoms with E-state index in [0.29, 0.717) is 17.1 Å². The molecule has 1 saturated carbocycles. The van der Waals surface area contributed by atoms with E-state index in [1.807, 2.05) is 26.0 Å². The van der Waals surface area contributed by atoms with Gasteiger partial charge in [-0.25, -0.2) is 4.79 Å². The second kappa shape index (κ2) is 10.2. The Morgan fingerprint density at radius 2 is 1.84 bits per heavy atom. The molecule has 2 aromatic rings. The molecule has 3 rings (SSSR count). The van der Waals surface area contributed by atoms with Crippen LogP contribution >= 0.6 is 0 Å². The second-order valence-electron chi connectivity index (χ2n) is 7.85. The quantitative estimate of drug-likeness (QED) is 0.642. The van der Waals surface area contributed by atoms with Gasteiger partial charge in [-0.3, -0.25) is 4.79 Å². The molecule has 7 heteroatoms. The molecule has 1 aromatic heterocycles. The Hall–Kier alpha value is -3.27. The lowest BCUT2D eigenvalue weighted by atomic mass is 10.2. The molecule has 1 aliphatic carbocycles. The van der Waals surface area contributed by atoms with Crippen LogP contribution in [-0.4, -0.2) is 29.7 Å². The number of amides is 1. The van der Waals surface area contributed by atoms with Crippen molar-refractivity contribution >= 4 is 17.7 Å². The Kier molecular flexibility index (Phi) is 7.35. The first-order valence-electron chi connectivity index (χ1n) is 10.7. The Bertz CT molecular complexity index is 980. The number of aromatic nitrogens is 1. The first kappa shape index (κ1) is 22.4. The maximum Gasteiger partial charge on any atom is 0.344 e. The number of ether oxygens (including phenoxy) is 2. The molecular weight excluding hydrogens is 394 g/mol. The maximum absolute atomic E-state index is 12.5. The molecule has 0 aliphatic heterocycles. The van der Waals surface area contributed by atoms with Crippen LogP contribution < -0.4 is 10.1 Å². The van der Waals surface area contributed by atoms with Gasteiger partial charge in [-0.2, -0.15) is 5.26 Å². The molecule has 1 aliphatic rings. The second-order valence-corrected chi connectivity index (χ2v) is 7.85. The number of carbonyl (C=O) groups excluding carboxylic acids is 2. The third-order valence-corrected chi connectivity index (χ3v) is 5.87. The number of carbonyl (C=O) groups is 2. The van der Waals surface area contributed by atoms with Crippen LogP contribution in [0.25, 0.3) is 0 Å². The van der Waals surface area contributed by atoms with Gasteiger partial charge >= 0.3 is 5.97 Å². The van der Waals surface area contributed by atoms with Crippen molar-refractivity contribution in [2.24, 2.45) is 0 Å². The number of benzene rings is 1. The van der Waals surface area contributed by atoms with Crippen molar-refractivity contribution in [2.45, 2.75) is 58.9 Å². The highest BCUT2D eigenvalue weighted by Crippen LogP contribution is 2.37. The molecule has 0 spiro atoms. The summed E-state index contributed by atoms with van der Waals surface area (Å²) in [6.45, 7) is 5.20. The lowest BCUT2D eigenvalue weighted by Gasteiger charge is -2.19. The van der Waals surface area contributed by atoms with Gasteiger partial charge in [-0.15, -0.1) is 0 Å². The third-order valence-electron chi connectivity index (χ3n) is 5.87. The number of rotatable bonds is 8. The zero-order chi connectivity index (χ0) is 22.4. The molecule has 31 heavy (non-hydrogen) atoms. The predicted octanol–water partition coefficient (Wildman–Crippen LogP) is 4.21. The minimum Gasteiger partial charge on any atom is -0.482 e. The summed E-state index contributed by atoms with van der Waals surface area (Å²) in [4.78, 5) is 24.4. The number of hydrogen-bond donors (Lipinski definition) is 1. The minimum atomic E-state index is -0.631. The van der Waals surface area contributed by atoms with Gasteiger partial charge in [0.05, 0.1) is 5.56 Å². The summed E-state index contributed by atoms with van der Waals surface area (Å²) in [7, 11) is 0. The summed E-state index contributed by atoms with van der Waals surface area (Å²) in [6.07, 6.45) is 5.24. The average molecular weight is 424 g/mol. The van der Waals surface area contributed by atoms with Crippen molar-refractivity contribution in [2.75, 3.05) is 18.5 Å². The number of nitriles is 1. The van der Waals surface area contributed by atoms with Gasteiger partial charge in [0, 0.05) is 11.7 Å². The molecule has 0 bridgehead atoms. The van der Waals surface area contributed by atoms with Gasteiger partial charge in [-0.05, 0) is 56.4 Å². The molecule has 164 valence electrons. The zero-order valence-electron chi connectivity index (χ0n) is 18.4. The van der Waals surface area contributed by atoms with E-state index in [9.17, 15) is 14.9 Å². The molecular formula is C24H29N3O4. The van der Waals surface area contributed by atoms with E-state index in [2.05, 4.69) is 22.9 Å². The first-order valence-corrected chi connectivity index (χ1v) is 10.7. The van der Waals surface area contributed by atoms with Crippen LogP contribution in [0, 0.1) is 25.2 Å². The summed E-state index contributed by atoms with van der Waals surface area (Å²) in [6, 6.07) is 9.93. The van der Waals surface area contributed by atoms with Crippen LogP contribution in [0.15, 0.2) is 24.3 Å². The molecule has 1 aromatic carbocycles. The van der Waals surface area contributed by atoms with E-state index in [1.54, 1.807) is 12.1 Å². The van der Waals surface area contributed by atoms with Gasteiger partial charge in [0.1, 0.15) is 17.6 Å². The van der Waals surface area contributed by atoms with Crippen molar-refractivity contribution in [1.29, 1.82) is 5.26 Å². The van der Waals surface area contributed by atoms with Crippen LogP contribution in [-0.2, 0) is 20.7 Å². The maximum atomic E-state index is 12.5. The normalized spacial score (nSPS) is 13.6. The highest BCUT2D eigenvalue weighted by atomic mass is 16.6. The van der Waals surface area contributed by atoms with Crippen LogP contribution in [0.5, 0.6) is 5.75 Å². The number of hydrogen-bond acceptors (Lipinski definition) is 5. The zero-order valence-corrected chi connectivity index (χ0v) is 18.4. The van der Waals surface area contributed by atoms with E-state index in [4.69, 9.17) is 9.47 Å². The number of aryl methyl sites for hydroxylation is 1. The molecule has 1 heterocycles. The summed E-state index contributed by atoms with van der Waals surface area (Å²) >= 11 is 0. The first-order chi connectivity index (χ1) is 14.9. The largest absolute Gasteiger partial charge is 0.482 e. The Balaban J connectivity index is 1.57. The monoisotopic (exact) mass is 423 g/mol. The van der Waals surface area contributed by atoms with Crippen molar-refractivity contribution < 1.29 is 19.1 Å². The third kappa shape index (κ3) is 5.26. The average Bonchev–Trinajstić information content (AvgIpc) is 3.38. The Labute approximate surface area is 183 Å². The fourth-order valence-electron chi connectivity index (χ4n) is 4.03. The van der Waals surface area contributed by atoms with Crippen LogP contribution in [0.2, 0.25) is 0 Å². The summed E-state index contributed by atoms with van der Waals surface area (Å²) in [5, 5.41) is 12.4. The Morgan fingerprint density at radius 1 is 1.16 bits per heavy atom. The summed E-state index contributed by atoms with van der Waals surface area (Å²) < 4.78 is 12.5. The van der Waals surface area contributed by atoms with Gasteiger partial charge in [0.25, 0.3) is 5.91 Å². The molecule has 0 radical (unpaired) electrons. The highest BCUT2D eigenvalue weighted by molar-refractivity contribution is 5.93. The number of anilines is 1. The smallest absolute Gasteiger partial charge is 0.344 e. The lowest BCUT2D eigenvalue weighted by molar-refractivity contribution is -0.149. The van der Waals surface area contributed by atoms with Crippen LogP contribution in [0.1, 0.15) is 61.0 Å². The number of nitrogens with one attached hydrogen (secondary N) is 1. The highest BCUT2D eigenvalue weighted by Gasteiger charge is 2.26. The number of esters is 1. The van der Waals surface area contributed by atoms with Crippen molar-refractivity contribution in [1.82, 2.24) is 4.57 Å². The molecule has 7 nitrogen and oxygen atoms in total. The van der Waals surface area contributed by atoms with E-state index < -0.39 is 18.5 Å². The molecule has 1 amide bonds. The van der Waals surface area contributed by atoms with E-state index >= 15 is 0 Å². The topological polar surface area (TPSA) is 93.3 Å². The van der Waals surface area contributed by atoms with Crippen LogP contribution in [0.3, 0.4) is 0 Å².